The summed E-state index contributed by atoms with van der Waals surface area (Å²) >= 11 is 6.93. The highest BCUT2D eigenvalue weighted by molar-refractivity contribution is 9.24. The Morgan fingerprint density at radius 1 is 1.29 bits per heavy atom. The predicted octanol–water partition coefficient (Wildman–Crippen LogP) is 3.44. The Hall–Kier alpha value is -0.350. The summed E-state index contributed by atoms with van der Waals surface area (Å²) in [4.78, 5) is 11.1. The monoisotopic (exact) mass is 320 g/mol. The topological polar surface area (TPSA) is 26.3 Å². The average molecular weight is 322 g/mol. The van der Waals surface area contributed by atoms with E-state index in [0.717, 1.165) is 5.56 Å². The third-order valence-corrected chi connectivity index (χ3v) is 2.73. The van der Waals surface area contributed by atoms with Crippen molar-refractivity contribution in [3.05, 3.63) is 35.4 Å². The summed E-state index contributed by atoms with van der Waals surface area (Å²) in [5, 5.41) is 0. The molecule has 0 spiro atoms. The van der Waals surface area contributed by atoms with Crippen molar-refractivity contribution in [3.8, 4) is 0 Å². The van der Waals surface area contributed by atoms with Crippen LogP contribution in [0.4, 0.5) is 0 Å². The Kier molecular flexibility index (Phi) is 3.72. The molecule has 4 heteroatoms. The van der Waals surface area contributed by atoms with Crippen LogP contribution in [0, 0.1) is 0 Å². The second-order valence-electron chi connectivity index (χ2n) is 2.96. The molecule has 1 rings (SSSR count). The molecule has 0 bridgehead atoms. The number of benzene rings is 1. The molecule has 1 aromatic rings. The van der Waals surface area contributed by atoms with Crippen LogP contribution in [0.3, 0.4) is 0 Å². The molecule has 76 valence electrons. The lowest BCUT2D eigenvalue weighted by molar-refractivity contribution is 0.0600. The quantitative estimate of drug-likeness (QED) is 0.616. The SMILES string of the molecule is COC(=O)c1ccc(C(C)(Br)Br)cc1. The van der Waals surface area contributed by atoms with E-state index in [1.165, 1.54) is 7.11 Å². The van der Waals surface area contributed by atoms with E-state index < -0.39 is 0 Å². The normalized spacial score (nSPS) is 11.1. The minimum atomic E-state index is -0.317. The number of halogens is 2. The fourth-order valence-electron chi connectivity index (χ4n) is 1.02. The highest BCUT2D eigenvalue weighted by Crippen LogP contribution is 2.37. The van der Waals surface area contributed by atoms with Gasteiger partial charge in [0.15, 0.2) is 0 Å². The molecule has 0 fully saturated rings. The Bertz CT molecular complexity index is 325. The van der Waals surface area contributed by atoms with Crippen molar-refractivity contribution in [3.63, 3.8) is 0 Å². The van der Waals surface area contributed by atoms with Crippen molar-refractivity contribution in [1.82, 2.24) is 0 Å². The van der Waals surface area contributed by atoms with E-state index >= 15 is 0 Å². The molecule has 2 nitrogen and oxygen atoms in total. The highest BCUT2D eigenvalue weighted by atomic mass is 79.9. The van der Waals surface area contributed by atoms with Crippen molar-refractivity contribution < 1.29 is 9.53 Å². The number of carbonyl (C=O) groups excluding carboxylic acids is 1. The Morgan fingerprint density at radius 2 is 1.79 bits per heavy atom. The lowest BCUT2D eigenvalue weighted by Crippen LogP contribution is -2.04. The summed E-state index contributed by atoms with van der Waals surface area (Å²) in [6.07, 6.45) is 0. The van der Waals surface area contributed by atoms with Gasteiger partial charge in [0.05, 0.1) is 12.7 Å². The molecule has 0 saturated heterocycles. The summed E-state index contributed by atoms with van der Waals surface area (Å²) < 4.78 is 4.34. The van der Waals surface area contributed by atoms with Crippen LogP contribution in [0.2, 0.25) is 0 Å². The van der Waals surface area contributed by atoms with Crippen molar-refractivity contribution in [2.75, 3.05) is 7.11 Å². The zero-order valence-electron chi connectivity index (χ0n) is 7.88. The predicted molar refractivity (Wildman–Crippen MR) is 63.0 cm³/mol. The van der Waals surface area contributed by atoms with E-state index in [4.69, 9.17) is 0 Å². The number of rotatable bonds is 2. The van der Waals surface area contributed by atoms with Gasteiger partial charge in [-0.05, 0) is 24.6 Å². The minimum Gasteiger partial charge on any atom is -0.465 e. The molecule has 1 aromatic carbocycles. The number of alkyl halides is 2. The van der Waals surface area contributed by atoms with Gasteiger partial charge >= 0.3 is 5.97 Å². The summed E-state index contributed by atoms with van der Waals surface area (Å²) in [6.45, 7) is 1.97. The second kappa shape index (κ2) is 4.45. The van der Waals surface area contributed by atoms with Gasteiger partial charge in [0, 0.05) is 0 Å². The standard InChI is InChI=1S/C10H10Br2O2/c1-10(11,12)8-5-3-7(4-6-8)9(13)14-2/h3-6H,1-2H3. The molecule has 0 aliphatic rings. The number of hydrogen-bond acceptors (Lipinski definition) is 2. The Balaban J connectivity index is 2.95. The van der Waals surface area contributed by atoms with Crippen LogP contribution in [0.15, 0.2) is 24.3 Å². The van der Waals surface area contributed by atoms with Crippen LogP contribution < -0.4 is 0 Å². The first kappa shape index (κ1) is 11.7. The van der Waals surface area contributed by atoms with Gasteiger partial charge in [-0.3, -0.25) is 0 Å². The molecular formula is C10H10Br2O2. The van der Waals surface area contributed by atoms with E-state index in [1.807, 2.05) is 19.1 Å². The molecule has 0 amide bonds. The van der Waals surface area contributed by atoms with E-state index in [9.17, 15) is 4.79 Å². The maximum Gasteiger partial charge on any atom is 0.337 e. The van der Waals surface area contributed by atoms with Gasteiger partial charge in [0.1, 0.15) is 3.23 Å². The number of carbonyl (C=O) groups is 1. The van der Waals surface area contributed by atoms with Crippen LogP contribution in [-0.2, 0) is 7.97 Å². The molecule has 0 unspecified atom stereocenters. The number of hydrogen-bond donors (Lipinski definition) is 0. The number of methoxy groups -OCH3 is 1. The van der Waals surface area contributed by atoms with Crippen molar-refractivity contribution in [2.45, 2.75) is 10.2 Å². The summed E-state index contributed by atoms with van der Waals surface area (Å²) in [5.74, 6) is -0.317. The molecule has 0 heterocycles. The molecule has 0 aliphatic heterocycles. The van der Waals surface area contributed by atoms with Crippen LogP contribution in [-0.4, -0.2) is 13.1 Å². The Labute approximate surface area is 99.9 Å². The first-order chi connectivity index (χ1) is 6.45. The lowest BCUT2D eigenvalue weighted by Gasteiger charge is -2.14. The fraction of sp³-hybridized carbons (Fsp3) is 0.300. The van der Waals surface area contributed by atoms with Crippen molar-refractivity contribution in [1.29, 1.82) is 0 Å². The molecule has 0 aliphatic carbocycles. The van der Waals surface area contributed by atoms with E-state index in [0.29, 0.717) is 5.56 Å². The molecule has 0 atom stereocenters. The summed E-state index contributed by atoms with van der Waals surface area (Å²) in [6, 6.07) is 7.22. The van der Waals surface area contributed by atoms with Crippen molar-refractivity contribution >= 4 is 37.8 Å². The van der Waals surface area contributed by atoms with Gasteiger partial charge in [0.25, 0.3) is 0 Å². The van der Waals surface area contributed by atoms with E-state index in [2.05, 4.69) is 36.6 Å². The maximum atomic E-state index is 11.1. The minimum absolute atomic E-state index is 0.255. The summed E-state index contributed by atoms with van der Waals surface area (Å²) in [7, 11) is 1.37. The fourth-order valence-corrected chi connectivity index (χ4v) is 1.55. The lowest BCUT2D eigenvalue weighted by atomic mass is 10.1. The van der Waals surface area contributed by atoms with Crippen molar-refractivity contribution in [2.24, 2.45) is 0 Å². The summed E-state index contributed by atoms with van der Waals surface area (Å²) in [5.41, 5.74) is 1.60. The van der Waals surface area contributed by atoms with Gasteiger partial charge < -0.3 is 4.74 Å². The first-order valence-electron chi connectivity index (χ1n) is 4.02. The first-order valence-corrected chi connectivity index (χ1v) is 5.60. The van der Waals surface area contributed by atoms with E-state index in [-0.39, 0.29) is 9.20 Å². The second-order valence-corrected chi connectivity index (χ2v) is 7.19. The van der Waals surface area contributed by atoms with Crippen LogP contribution in [0.5, 0.6) is 0 Å². The number of ether oxygens (including phenoxy) is 1. The molecule has 14 heavy (non-hydrogen) atoms. The maximum absolute atomic E-state index is 11.1. The third-order valence-electron chi connectivity index (χ3n) is 1.81. The van der Waals surface area contributed by atoms with Gasteiger partial charge in [-0.25, -0.2) is 4.79 Å². The molecule has 0 N–H and O–H groups in total. The molecule has 0 saturated carbocycles. The highest BCUT2D eigenvalue weighted by Gasteiger charge is 2.18. The zero-order valence-corrected chi connectivity index (χ0v) is 11.1. The molecule has 0 radical (unpaired) electrons. The molecular weight excluding hydrogens is 312 g/mol. The average Bonchev–Trinajstić information content (AvgIpc) is 2.15. The number of esters is 1. The largest absolute Gasteiger partial charge is 0.465 e. The van der Waals surface area contributed by atoms with Gasteiger partial charge in [-0.15, -0.1) is 0 Å². The molecule has 0 aromatic heterocycles. The smallest absolute Gasteiger partial charge is 0.337 e. The third kappa shape index (κ3) is 2.82. The Morgan fingerprint density at radius 3 is 2.14 bits per heavy atom. The van der Waals surface area contributed by atoms with Crippen LogP contribution in [0.25, 0.3) is 0 Å². The van der Waals surface area contributed by atoms with Gasteiger partial charge in [0.2, 0.25) is 0 Å². The van der Waals surface area contributed by atoms with Gasteiger partial charge in [-0.1, -0.05) is 44.0 Å². The zero-order chi connectivity index (χ0) is 10.8. The van der Waals surface area contributed by atoms with Gasteiger partial charge in [-0.2, -0.15) is 0 Å². The van der Waals surface area contributed by atoms with Crippen LogP contribution in [0.1, 0.15) is 22.8 Å². The van der Waals surface area contributed by atoms with E-state index in [1.54, 1.807) is 12.1 Å². The van der Waals surface area contributed by atoms with Crippen LogP contribution >= 0.6 is 31.9 Å².